The number of benzene rings is 2. The number of carbonyl (C=O) groups excluding carboxylic acids is 2. The molecule has 0 unspecified atom stereocenters. The van der Waals surface area contributed by atoms with Crippen molar-refractivity contribution in [2.75, 3.05) is 5.32 Å². The minimum atomic E-state index is -1.04. The van der Waals surface area contributed by atoms with Gasteiger partial charge in [0.2, 0.25) is 0 Å². The highest BCUT2D eigenvalue weighted by atomic mass is 19.1. The molecule has 2 rings (SSSR count). The molecular weight excluding hydrogens is 297 g/mol. The van der Waals surface area contributed by atoms with Gasteiger partial charge in [-0.2, -0.15) is 0 Å². The smallest absolute Gasteiger partial charge is 0.341 e. The predicted molar refractivity (Wildman–Crippen MR) is 85.8 cm³/mol. The highest BCUT2D eigenvalue weighted by molar-refractivity contribution is 5.97. The van der Waals surface area contributed by atoms with Gasteiger partial charge in [-0.05, 0) is 50.1 Å². The lowest BCUT2D eigenvalue weighted by Gasteiger charge is -2.15. The molecule has 0 aliphatic carbocycles. The monoisotopic (exact) mass is 315 g/mol. The Bertz CT molecular complexity index is 743. The van der Waals surface area contributed by atoms with Crippen molar-refractivity contribution in [1.82, 2.24) is 0 Å². The molecule has 23 heavy (non-hydrogen) atoms. The van der Waals surface area contributed by atoms with Crippen molar-refractivity contribution in [3.8, 4) is 0 Å². The molecule has 120 valence electrons. The molecule has 1 atom stereocenters. The average Bonchev–Trinajstić information content (AvgIpc) is 2.51. The topological polar surface area (TPSA) is 55.4 Å². The molecule has 0 bridgehead atoms. The normalized spacial score (nSPS) is 11.7. The maximum Gasteiger partial charge on any atom is 0.341 e. The Hall–Kier alpha value is -2.69. The summed E-state index contributed by atoms with van der Waals surface area (Å²) in [5.41, 5.74) is 2.36. The second kappa shape index (κ2) is 7.05. The molecule has 0 saturated carbocycles. The summed E-state index contributed by atoms with van der Waals surface area (Å²) in [5.74, 6) is -2.02. The zero-order valence-corrected chi connectivity index (χ0v) is 13.2. The van der Waals surface area contributed by atoms with Crippen LogP contribution in [0.3, 0.4) is 0 Å². The number of halogens is 1. The summed E-state index contributed by atoms with van der Waals surface area (Å²) in [5, 5.41) is 2.71. The molecule has 2 aromatic carbocycles. The molecule has 0 fully saturated rings. The van der Waals surface area contributed by atoms with E-state index in [-0.39, 0.29) is 5.56 Å². The summed E-state index contributed by atoms with van der Waals surface area (Å²) in [6.45, 7) is 5.22. The van der Waals surface area contributed by atoms with Crippen LogP contribution in [0.25, 0.3) is 0 Å². The van der Waals surface area contributed by atoms with Crippen LogP contribution in [-0.2, 0) is 9.53 Å². The van der Waals surface area contributed by atoms with Crippen LogP contribution in [0.2, 0.25) is 0 Å². The van der Waals surface area contributed by atoms with Crippen LogP contribution in [0, 0.1) is 19.7 Å². The zero-order chi connectivity index (χ0) is 17.0. The standard InChI is InChI=1S/C18H18FNO3/c1-11-8-9-12(2)16(10-11)20-17(21)13(3)23-18(22)14-6-4-5-7-15(14)19/h4-10,13H,1-3H3,(H,20,21)/t13-/m0/s1. The predicted octanol–water partition coefficient (Wildman–Crippen LogP) is 3.63. The maximum atomic E-state index is 13.5. The summed E-state index contributed by atoms with van der Waals surface area (Å²) >= 11 is 0. The number of hydrogen-bond donors (Lipinski definition) is 1. The third kappa shape index (κ3) is 4.16. The molecule has 0 aromatic heterocycles. The zero-order valence-electron chi connectivity index (χ0n) is 13.2. The SMILES string of the molecule is Cc1ccc(C)c(NC(=O)[C@H](C)OC(=O)c2ccccc2F)c1. The van der Waals surface area contributed by atoms with E-state index in [1.54, 1.807) is 0 Å². The number of carbonyl (C=O) groups is 2. The van der Waals surface area contributed by atoms with Gasteiger partial charge >= 0.3 is 5.97 Å². The van der Waals surface area contributed by atoms with E-state index in [2.05, 4.69) is 5.32 Å². The second-order valence-corrected chi connectivity index (χ2v) is 5.34. The molecule has 0 aliphatic rings. The molecule has 0 spiro atoms. The Labute approximate surface area is 134 Å². The third-order valence-corrected chi connectivity index (χ3v) is 3.40. The molecule has 0 saturated heterocycles. The highest BCUT2D eigenvalue weighted by Gasteiger charge is 2.21. The van der Waals surface area contributed by atoms with Crippen LogP contribution in [0.15, 0.2) is 42.5 Å². The fourth-order valence-electron chi connectivity index (χ4n) is 2.01. The quantitative estimate of drug-likeness (QED) is 0.877. The first kappa shape index (κ1) is 16.7. The maximum absolute atomic E-state index is 13.5. The summed E-state index contributed by atoms with van der Waals surface area (Å²) in [4.78, 5) is 24.1. The molecule has 1 amide bonds. The Morgan fingerprint density at radius 2 is 1.83 bits per heavy atom. The Kier molecular flexibility index (Phi) is 5.11. The fourth-order valence-corrected chi connectivity index (χ4v) is 2.01. The summed E-state index contributed by atoms with van der Waals surface area (Å²) < 4.78 is 18.6. The molecule has 0 aliphatic heterocycles. The van der Waals surface area contributed by atoms with Crippen molar-refractivity contribution in [3.05, 3.63) is 65.0 Å². The number of ether oxygens (including phenoxy) is 1. The molecule has 0 heterocycles. The lowest BCUT2D eigenvalue weighted by Crippen LogP contribution is -2.30. The summed E-state index contributed by atoms with van der Waals surface area (Å²) in [6.07, 6.45) is -1.04. The molecule has 2 aromatic rings. The van der Waals surface area contributed by atoms with E-state index in [1.165, 1.54) is 25.1 Å². The van der Waals surface area contributed by atoms with E-state index in [1.807, 2.05) is 32.0 Å². The Balaban J connectivity index is 2.04. The van der Waals surface area contributed by atoms with Crippen LogP contribution in [-0.4, -0.2) is 18.0 Å². The lowest BCUT2D eigenvalue weighted by atomic mass is 10.1. The van der Waals surface area contributed by atoms with E-state index in [0.717, 1.165) is 17.2 Å². The van der Waals surface area contributed by atoms with Gasteiger partial charge in [0, 0.05) is 5.69 Å². The van der Waals surface area contributed by atoms with Crippen molar-refractivity contribution >= 4 is 17.6 Å². The lowest BCUT2D eigenvalue weighted by molar-refractivity contribution is -0.123. The highest BCUT2D eigenvalue weighted by Crippen LogP contribution is 2.17. The first-order valence-corrected chi connectivity index (χ1v) is 7.22. The van der Waals surface area contributed by atoms with Crippen LogP contribution in [0.5, 0.6) is 0 Å². The van der Waals surface area contributed by atoms with Crippen molar-refractivity contribution in [2.45, 2.75) is 26.9 Å². The number of aryl methyl sites for hydroxylation is 2. The molecule has 4 nitrogen and oxygen atoms in total. The first-order chi connectivity index (χ1) is 10.9. The second-order valence-electron chi connectivity index (χ2n) is 5.34. The van der Waals surface area contributed by atoms with E-state index in [0.29, 0.717) is 5.69 Å². The van der Waals surface area contributed by atoms with Crippen molar-refractivity contribution in [3.63, 3.8) is 0 Å². The van der Waals surface area contributed by atoms with Gasteiger partial charge in [0.1, 0.15) is 5.82 Å². The van der Waals surface area contributed by atoms with Crippen molar-refractivity contribution < 1.29 is 18.7 Å². The van der Waals surface area contributed by atoms with Crippen molar-refractivity contribution in [1.29, 1.82) is 0 Å². The summed E-state index contributed by atoms with van der Waals surface area (Å²) in [7, 11) is 0. The number of nitrogens with one attached hydrogen (secondary N) is 1. The minimum absolute atomic E-state index is 0.195. The van der Waals surface area contributed by atoms with Gasteiger partial charge in [0.05, 0.1) is 5.56 Å². The molecule has 1 N–H and O–H groups in total. The van der Waals surface area contributed by atoms with Gasteiger partial charge < -0.3 is 10.1 Å². The van der Waals surface area contributed by atoms with Gasteiger partial charge in [-0.1, -0.05) is 24.3 Å². The minimum Gasteiger partial charge on any atom is -0.449 e. The average molecular weight is 315 g/mol. The summed E-state index contributed by atoms with van der Waals surface area (Å²) in [6, 6.07) is 11.1. The van der Waals surface area contributed by atoms with Gasteiger partial charge in [-0.15, -0.1) is 0 Å². The van der Waals surface area contributed by atoms with E-state index in [9.17, 15) is 14.0 Å². The van der Waals surface area contributed by atoms with Gasteiger partial charge in [0.15, 0.2) is 6.10 Å². The number of anilines is 1. The van der Waals surface area contributed by atoms with Crippen molar-refractivity contribution in [2.24, 2.45) is 0 Å². The van der Waals surface area contributed by atoms with Gasteiger partial charge in [-0.25, -0.2) is 9.18 Å². The van der Waals surface area contributed by atoms with Crippen LogP contribution in [0.1, 0.15) is 28.4 Å². The van der Waals surface area contributed by atoms with Crippen LogP contribution < -0.4 is 5.32 Å². The number of esters is 1. The molecular formula is C18H18FNO3. The largest absolute Gasteiger partial charge is 0.449 e. The van der Waals surface area contributed by atoms with Crippen LogP contribution >= 0.6 is 0 Å². The number of amides is 1. The van der Waals surface area contributed by atoms with E-state index >= 15 is 0 Å². The van der Waals surface area contributed by atoms with Crippen LogP contribution in [0.4, 0.5) is 10.1 Å². The van der Waals surface area contributed by atoms with Gasteiger partial charge in [0.25, 0.3) is 5.91 Å². The van der Waals surface area contributed by atoms with E-state index in [4.69, 9.17) is 4.74 Å². The Morgan fingerprint density at radius 1 is 1.13 bits per heavy atom. The molecule has 5 heteroatoms. The van der Waals surface area contributed by atoms with E-state index < -0.39 is 23.8 Å². The molecule has 0 radical (unpaired) electrons. The first-order valence-electron chi connectivity index (χ1n) is 7.22. The number of rotatable bonds is 4. The van der Waals surface area contributed by atoms with Gasteiger partial charge in [-0.3, -0.25) is 4.79 Å². The Morgan fingerprint density at radius 3 is 2.52 bits per heavy atom. The fraction of sp³-hybridized carbons (Fsp3) is 0.222. The number of hydrogen-bond acceptors (Lipinski definition) is 3. The third-order valence-electron chi connectivity index (χ3n) is 3.40.